The lowest BCUT2D eigenvalue weighted by Gasteiger charge is -2.48. The number of amides is 2. The molecule has 2 fully saturated rings. The molecule has 2 amide bonds. The Labute approximate surface area is 233 Å². The third-order valence-corrected chi connectivity index (χ3v) is 6.79. The van der Waals surface area contributed by atoms with Gasteiger partial charge in [0.25, 0.3) is 5.91 Å². The number of aliphatic hydroxyl groups is 2. The van der Waals surface area contributed by atoms with Crippen molar-refractivity contribution in [3.05, 3.63) is 53.8 Å². The van der Waals surface area contributed by atoms with Crippen molar-refractivity contribution in [2.75, 3.05) is 6.54 Å². The number of aldehydes is 1. The zero-order valence-electron chi connectivity index (χ0n) is 22.7. The second-order valence-corrected chi connectivity index (χ2v) is 9.73. The Balaban J connectivity index is 1.74. The van der Waals surface area contributed by atoms with E-state index in [0.29, 0.717) is 42.7 Å². The molecule has 2 saturated heterocycles. The molecule has 0 saturated carbocycles. The van der Waals surface area contributed by atoms with Gasteiger partial charge >= 0.3 is 5.97 Å². The van der Waals surface area contributed by atoms with Gasteiger partial charge < -0.3 is 30.2 Å². The molecule has 5 atom stereocenters. The minimum atomic E-state index is -1.42. The van der Waals surface area contributed by atoms with Crippen LogP contribution in [0.15, 0.2) is 48.3 Å². The van der Waals surface area contributed by atoms with Crippen molar-refractivity contribution >= 4 is 24.1 Å². The molecular formula is C28H38N4O8. The van der Waals surface area contributed by atoms with E-state index in [-0.39, 0.29) is 18.7 Å². The first-order chi connectivity index (χ1) is 19.2. The highest BCUT2D eigenvalue weighted by Gasteiger charge is 2.45. The molecule has 0 bridgehead atoms. The smallest absolute Gasteiger partial charge is 0.305 e. The molecule has 2 heterocycles. The summed E-state index contributed by atoms with van der Waals surface area (Å²) in [5.41, 5.74) is 0.332. The predicted octanol–water partition coefficient (Wildman–Crippen LogP) is 1.30. The SMILES string of the molecule is C/C=C\C(=C/CC)Oc1ccc(C(=O)N[C@H]2CCC(=O)N3CCC[C@@H](C(O)N[C@H](C=O)CC(=O)O)N3C2O)cc1. The maximum Gasteiger partial charge on any atom is 0.305 e. The van der Waals surface area contributed by atoms with Crippen LogP contribution in [0.4, 0.5) is 0 Å². The molecule has 2 aliphatic heterocycles. The molecule has 1 aromatic rings. The molecule has 40 heavy (non-hydrogen) atoms. The predicted molar refractivity (Wildman–Crippen MR) is 145 cm³/mol. The van der Waals surface area contributed by atoms with Gasteiger partial charge in [-0.15, -0.1) is 0 Å². The zero-order chi connectivity index (χ0) is 29.2. The molecule has 12 nitrogen and oxygen atoms in total. The van der Waals surface area contributed by atoms with Gasteiger partial charge in [0.2, 0.25) is 5.91 Å². The van der Waals surface area contributed by atoms with Crippen molar-refractivity contribution in [3.63, 3.8) is 0 Å². The fraction of sp³-hybridized carbons (Fsp3) is 0.500. The highest BCUT2D eigenvalue weighted by molar-refractivity contribution is 5.94. The number of hydrogen-bond donors (Lipinski definition) is 5. The van der Waals surface area contributed by atoms with Gasteiger partial charge in [-0.3, -0.25) is 24.7 Å². The Kier molecular flexibility index (Phi) is 11.4. The van der Waals surface area contributed by atoms with Gasteiger partial charge in [-0.25, -0.2) is 0 Å². The first-order valence-corrected chi connectivity index (χ1v) is 13.5. The zero-order valence-corrected chi connectivity index (χ0v) is 22.7. The topological polar surface area (TPSA) is 169 Å². The fourth-order valence-corrected chi connectivity index (χ4v) is 4.90. The minimum Gasteiger partial charge on any atom is -0.481 e. The average Bonchev–Trinajstić information content (AvgIpc) is 3.05. The maximum absolute atomic E-state index is 13.1. The van der Waals surface area contributed by atoms with Crippen molar-refractivity contribution in [1.82, 2.24) is 20.7 Å². The van der Waals surface area contributed by atoms with E-state index in [1.165, 1.54) is 10.0 Å². The summed E-state index contributed by atoms with van der Waals surface area (Å²) in [4.78, 5) is 48.4. The average molecular weight is 559 g/mol. The number of allylic oxidation sites excluding steroid dienone is 3. The maximum atomic E-state index is 13.1. The van der Waals surface area contributed by atoms with Crippen LogP contribution < -0.4 is 15.4 Å². The highest BCUT2D eigenvalue weighted by Crippen LogP contribution is 2.29. The minimum absolute atomic E-state index is 0.0645. The second kappa shape index (κ2) is 14.7. The third-order valence-electron chi connectivity index (χ3n) is 6.79. The number of nitrogens with zero attached hydrogens (tertiary/aromatic N) is 2. The molecular weight excluding hydrogens is 520 g/mol. The van der Waals surface area contributed by atoms with Gasteiger partial charge in [0.05, 0.1) is 24.5 Å². The Bertz CT molecular complexity index is 1110. The summed E-state index contributed by atoms with van der Waals surface area (Å²) in [6.07, 6.45) is 4.63. The largest absolute Gasteiger partial charge is 0.481 e. The number of carboxylic acid groups (broad SMARTS) is 1. The lowest BCUT2D eigenvalue weighted by atomic mass is 10.0. The highest BCUT2D eigenvalue weighted by atomic mass is 16.5. The quantitative estimate of drug-likeness (QED) is 0.109. The number of benzene rings is 1. The molecule has 0 radical (unpaired) electrons. The van der Waals surface area contributed by atoms with E-state index in [2.05, 4.69) is 10.6 Å². The molecule has 0 aliphatic carbocycles. The third kappa shape index (κ3) is 7.98. The number of ether oxygens (including phenoxy) is 1. The number of nitrogens with one attached hydrogen (secondary N) is 2. The van der Waals surface area contributed by atoms with Gasteiger partial charge in [0, 0.05) is 18.5 Å². The van der Waals surface area contributed by atoms with E-state index < -0.39 is 48.9 Å². The van der Waals surface area contributed by atoms with Crippen LogP contribution in [0.3, 0.4) is 0 Å². The standard InChI is InChI=1S/C28H38N4O8/c1-3-6-20(7-4-2)40-21-11-9-18(10-12-21)26(37)30-22-13-14-24(34)31-15-5-8-23(32(31)28(22)39)27(38)29-19(17-33)16-25(35)36/h3,6-7,9-12,17,19,22-23,27-29,38-39H,4-5,8,13-16H2,1-2H3,(H,30,37)(H,35,36)/b6-3-,20-7+/t19-,22-,23-,27?,28?/m0/s1. The van der Waals surface area contributed by atoms with Crippen molar-refractivity contribution in [2.45, 2.75) is 83.0 Å². The first kappa shape index (κ1) is 31.0. The number of hydrogen-bond acceptors (Lipinski definition) is 9. The monoisotopic (exact) mass is 558 g/mol. The van der Waals surface area contributed by atoms with E-state index >= 15 is 0 Å². The molecule has 12 heteroatoms. The van der Waals surface area contributed by atoms with Crippen LogP contribution in [-0.4, -0.2) is 86.5 Å². The summed E-state index contributed by atoms with van der Waals surface area (Å²) in [6, 6.07) is 3.69. The van der Waals surface area contributed by atoms with Crippen molar-refractivity contribution in [1.29, 1.82) is 0 Å². The van der Waals surface area contributed by atoms with Crippen LogP contribution in [0.2, 0.25) is 0 Å². The summed E-state index contributed by atoms with van der Waals surface area (Å²) in [7, 11) is 0. The number of aliphatic hydroxyl groups excluding tert-OH is 2. The Hall–Kier alpha value is -3.58. The molecule has 0 aromatic heterocycles. The number of carboxylic acids is 1. The van der Waals surface area contributed by atoms with E-state index in [1.807, 2.05) is 32.1 Å². The van der Waals surface area contributed by atoms with Crippen LogP contribution >= 0.6 is 0 Å². The van der Waals surface area contributed by atoms with Gasteiger partial charge in [-0.05, 0) is 69.0 Å². The summed E-state index contributed by atoms with van der Waals surface area (Å²) in [5.74, 6) is -0.703. The molecule has 0 spiro atoms. The van der Waals surface area contributed by atoms with Gasteiger partial charge in [-0.2, -0.15) is 5.01 Å². The summed E-state index contributed by atoms with van der Waals surface area (Å²) in [6.45, 7) is 4.20. The number of hydrazine groups is 1. The second-order valence-electron chi connectivity index (χ2n) is 9.73. The lowest BCUT2D eigenvalue weighted by molar-refractivity contribution is -0.210. The van der Waals surface area contributed by atoms with Crippen LogP contribution in [0.5, 0.6) is 5.75 Å². The molecule has 218 valence electrons. The van der Waals surface area contributed by atoms with Crippen molar-refractivity contribution < 1.29 is 39.2 Å². The van der Waals surface area contributed by atoms with E-state index in [1.54, 1.807) is 24.3 Å². The number of rotatable bonds is 12. The Morgan fingerprint density at radius 2 is 1.95 bits per heavy atom. The summed E-state index contributed by atoms with van der Waals surface area (Å²) >= 11 is 0. The summed E-state index contributed by atoms with van der Waals surface area (Å²) < 4.78 is 5.84. The van der Waals surface area contributed by atoms with Crippen LogP contribution in [-0.2, 0) is 14.4 Å². The van der Waals surface area contributed by atoms with Crippen molar-refractivity contribution in [3.8, 4) is 5.75 Å². The molecule has 3 rings (SSSR count). The molecule has 2 unspecified atom stereocenters. The van der Waals surface area contributed by atoms with Gasteiger partial charge in [-0.1, -0.05) is 13.0 Å². The number of carbonyl (C=O) groups is 4. The Morgan fingerprint density at radius 3 is 2.58 bits per heavy atom. The fourth-order valence-electron chi connectivity index (χ4n) is 4.90. The van der Waals surface area contributed by atoms with E-state index in [4.69, 9.17) is 9.84 Å². The number of aliphatic carboxylic acids is 1. The first-order valence-electron chi connectivity index (χ1n) is 13.5. The normalized spacial score (nSPS) is 23.7. The van der Waals surface area contributed by atoms with E-state index in [9.17, 15) is 29.4 Å². The molecule has 1 aromatic carbocycles. The van der Waals surface area contributed by atoms with Gasteiger partial charge in [0.1, 0.15) is 30.3 Å². The van der Waals surface area contributed by atoms with Crippen molar-refractivity contribution in [2.24, 2.45) is 0 Å². The lowest BCUT2D eigenvalue weighted by Crippen LogP contribution is -2.67. The summed E-state index contributed by atoms with van der Waals surface area (Å²) in [5, 5.41) is 39.3. The van der Waals surface area contributed by atoms with Crippen LogP contribution in [0, 0.1) is 0 Å². The number of fused-ring (bicyclic) bond motifs is 1. The number of carbonyl (C=O) groups excluding carboxylic acids is 3. The van der Waals surface area contributed by atoms with Crippen LogP contribution in [0.25, 0.3) is 0 Å². The van der Waals surface area contributed by atoms with Crippen LogP contribution in [0.1, 0.15) is 62.7 Å². The van der Waals surface area contributed by atoms with Gasteiger partial charge in [0.15, 0.2) is 0 Å². The molecule has 5 N–H and O–H groups in total. The van der Waals surface area contributed by atoms with E-state index in [0.717, 1.165) is 6.42 Å². The molecule has 2 aliphatic rings. The Morgan fingerprint density at radius 1 is 1.23 bits per heavy atom.